The van der Waals surface area contributed by atoms with Gasteiger partial charge in [0.1, 0.15) is 13.3 Å². The lowest BCUT2D eigenvalue weighted by Gasteiger charge is -2.28. The first kappa shape index (κ1) is 22.6. The highest BCUT2D eigenvalue weighted by Crippen LogP contribution is 2.39. The summed E-state index contributed by atoms with van der Waals surface area (Å²) in [6.07, 6.45) is 5.04. The third-order valence-electron chi connectivity index (χ3n) is 5.26. The lowest BCUT2D eigenvalue weighted by atomic mass is 9.88. The highest BCUT2D eigenvalue weighted by Gasteiger charge is 2.28. The van der Waals surface area contributed by atoms with Crippen LogP contribution in [-0.4, -0.2) is 23.6 Å². The van der Waals surface area contributed by atoms with Crippen molar-refractivity contribution in [2.45, 2.75) is 52.1 Å². The minimum absolute atomic E-state index is 0.101. The Labute approximate surface area is 183 Å². The maximum absolute atomic E-state index is 12.9. The third kappa shape index (κ3) is 6.21. The predicted octanol–water partition coefficient (Wildman–Crippen LogP) is 4.20. The molecule has 0 spiro atoms. The van der Waals surface area contributed by atoms with Gasteiger partial charge in [-0.15, -0.1) is 0 Å². The molecule has 0 saturated heterocycles. The molecule has 1 fully saturated rings. The first-order valence-electron chi connectivity index (χ1n) is 10.8. The standard InChI is InChI=1S/C24H30N2O5/c1-2-22(27)30-23-20(29-16-18-10-5-3-6-11-18)14-9-15-21(23)31-26(17-25)24(28)19-12-7-4-8-13-19/h3,5-6,9-11,14-15,19H,2,4,7-8,12-13,16-17,25H2,1H3. The number of ether oxygens (including phenoxy) is 2. The van der Waals surface area contributed by atoms with Gasteiger partial charge in [-0.25, -0.2) is 0 Å². The zero-order valence-corrected chi connectivity index (χ0v) is 17.9. The maximum Gasteiger partial charge on any atom is 0.311 e. The molecule has 0 heterocycles. The number of nitrogens with zero attached hydrogens (tertiary/aromatic N) is 1. The Kier molecular flexibility index (Phi) is 8.29. The van der Waals surface area contributed by atoms with Gasteiger partial charge in [-0.1, -0.05) is 62.6 Å². The second-order valence-electron chi connectivity index (χ2n) is 7.51. The molecule has 166 valence electrons. The van der Waals surface area contributed by atoms with Crippen LogP contribution in [0.3, 0.4) is 0 Å². The van der Waals surface area contributed by atoms with Crippen LogP contribution in [0.4, 0.5) is 0 Å². The van der Waals surface area contributed by atoms with Gasteiger partial charge in [-0.2, -0.15) is 5.06 Å². The molecule has 1 saturated carbocycles. The maximum atomic E-state index is 12.9. The van der Waals surface area contributed by atoms with Gasteiger partial charge in [0.25, 0.3) is 5.91 Å². The minimum atomic E-state index is -0.432. The number of carbonyl (C=O) groups is 2. The summed E-state index contributed by atoms with van der Waals surface area (Å²) in [4.78, 5) is 30.8. The fraction of sp³-hybridized carbons (Fsp3) is 0.417. The zero-order valence-electron chi connectivity index (χ0n) is 17.9. The molecule has 0 unspecified atom stereocenters. The van der Waals surface area contributed by atoms with Crippen LogP contribution in [-0.2, 0) is 16.2 Å². The van der Waals surface area contributed by atoms with Crippen molar-refractivity contribution in [1.82, 2.24) is 5.06 Å². The van der Waals surface area contributed by atoms with Crippen LogP contribution in [0, 0.1) is 5.92 Å². The normalized spacial score (nSPS) is 14.0. The van der Waals surface area contributed by atoms with Crippen molar-refractivity contribution >= 4 is 11.9 Å². The molecule has 2 N–H and O–H groups in total. The van der Waals surface area contributed by atoms with E-state index < -0.39 is 5.97 Å². The van der Waals surface area contributed by atoms with E-state index in [1.807, 2.05) is 30.3 Å². The van der Waals surface area contributed by atoms with E-state index in [0.29, 0.717) is 12.4 Å². The van der Waals surface area contributed by atoms with Crippen molar-refractivity contribution in [1.29, 1.82) is 0 Å². The van der Waals surface area contributed by atoms with Crippen molar-refractivity contribution in [3.8, 4) is 17.2 Å². The molecule has 1 amide bonds. The number of carbonyl (C=O) groups excluding carboxylic acids is 2. The molecule has 2 aromatic carbocycles. The van der Waals surface area contributed by atoms with E-state index in [1.54, 1.807) is 25.1 Å². The van der Waals surface area contributed by atoms with Gasteiger partial charge in [-0.05, 0) is 30.5 Å². The summed E-state index contributed by atoms with van der Waals surface area (Å²) in [5, 5.41) is 1.15. The molecule has 7 nitrogen and oxygen atoms in total. The zero-order chi connectivity index (χ0) is 22.1. The number of para-hydroxylation sites is 1. The number of hydroxylamine groups is 2. The van der Waals surface area contributed by atoms with Crippen molar-refractivity contribution in [3.05, 3.63) is 54.1 Å². The summed E-state index contributed by atoms with van der Waals surface area (Å²) in [6.45, 7) is 1.89. The van der Waals surface area contributed by atoms with Gasteiger partial charge in [0, 0.05) is 12.3 Å². The third-order valence-corrected chi connectivity index (χ3v) is 5.26. The van der Waals surface area contributed by atoms with Crippen molar-refractivity contribution in [3.63, 3.8) is 0 Å². The van der Waals surface area contributed by atoms with Gasteiger partial charge in [0.05, 0.1) is 0 Å². The quantitative estimate of drug-likeness (QED) is 0.280. The largest absolute Gasteiger partial charge is 0.485 e. The predicted molar refractivity (Wildman–Crippen MR) is 116 cm³/mol. The number of hydrogen-bond acceptors (Lipinski definition) is 6. The second kappa shape index (κ2) is 11.4. The topological polar surface area (TPSA) is 91.1 Å². The van der Waals surface area contributed by atoms with Crippen LogP contribution in [0.2, 0.25) is 0 Å². The van der Waals surface area contributed by atoms with Crippen LogP contribution in [0.25, 0.3) is 0 Å². The minimum Gasteiger partial charge on any atom is -0.485 e. The summed E-state index contributed by atoms with van der Waals surface area (Å²) in [5.74, 6) is 0.0212. The van der Waals surface area contributed by atoms with Crippen LogP contribution in [0.1, 0.15) is 51.0 Å². The fourth-order valence-electron chi connectivity index (χ4n) is 3.55. The lowest BCUT2D eigenvalue weighted by Crippen LogP contribution is -2.43. The van der Waals surface area contributed by atoms with E-state index in [4.69, 9.17) is 20.0 Å². The molecule has 31 heavy (non-hydrogen) atoms. The molecule has 1 aliphatic rings. The van der Waals surface area contributed by atoms with Gasteiger partial charge < -0.3 is 20.0 Å². The summed E-state index contributed by atoms with van der Waals surface area (Å²) < 4.78 is 11.4. The van der Waals surface area contributed by atoms with Crippen LogP contribution in [0.5, 0.6) is 17.2 Å². The van der Waals surface area contributed by atoms with E-state index in [2.05, 4.69) is 0 Å². The SMILES string of the molecule is CCC(=O)Oc1c(OCc2ccccc2)cccc1ON(CN)C(=O)C1CCCCC1. The average Bonchev–Trinajstić information content (AvgIpc) is 2.83. The van der Waals surface area contributed by atoms with Crippen molar-refractivity contribution < 1.29 is 23.9 Å². The molecular weight excluding hydrogens is 396 g/mol. The average molecular weight is 427 g/mol. The van der Waals surface area contributed by atoms with E-state index in [-0.39, 0.29) is 36.4 Å². The Hall–Kier alpha value is -3.06. The number of nitrogens with two attached hydrogens (primary N) is 1. The first-order valence-corrected chi connectivity index (χ1v) is 10.8. The van der Waals surface area contributed by atoms with Gasteiger partial charge in [-0.3, -0.25) is 9.59 Å². The molecule has 0 atom stereocenters. The summed E-state index contributed by atoms with van der Waals surface area (Å²) >= 11 is 0. The van der Waals surface area contributed by atoms with Crippen LogP contribution < -0.4 is 20.0 Å². The molecule has 0 radical (unpaired) electrons. The Morgan fingerprint density at radius 1 is 1.00 bits per heavy atom. The molecule has 0 aliphatic heterocycles. The summed E-state index contributed by atoms with van der Waals surface area (Å²) in [5.41, 5.74) is 6.79. The van der Waals surface area contributed by atoms with E-state index in [9.17, 15) is 9.59 Å². The molecule has 0 bridgehead atoms. The van der Waals surface area contributed by atoms with Crippen LogP contribution >= 0.6 is 0 Å². The number of amides is 1. The Balaban J connectivity index is 1.81. The molecule has 2 aromatic rings. The van der Waals surface area contributed by atoms with E-state index in [0.717, 1.165) is 42.7 Å². The van der Waals surface area contributed by atoms with Crippen molar-refractivity contribution in [2.24, 2.45) is 11.7 Å². The van der Waals surface area contributed by atoms with Gasteiger partial charge >= 0.3 is 5.97 Å². The monoisotopic (exact) mass is 426 g/mol. The highest BCUT2D eigenvalue weighted by molar-refractivity contribution is 5.78. The molecule has 7 heteroatoms. The van der Waals surface area contributed by atoms with E-state index >= 15 is 0 Å². The highest BCUT2D eigenvalue weighted by atomic mass is 16.7. The summed E-state index contributed by atoms with van der Waals surface area (Å²) in [6, 6.07) is 14.7. The number of rotatable bonds is 9. The smallest absolute Gasteiger partial charge is 0.311 e. The molecule has 3 rings (SSSR count). The Morgan fingerprint density at radius 2 is 1.71 bits per heavy atom. The number of hydrogen-bond donors (Lipinski definition) is 1. The molecule has 1 aliphatic carbocycles. The van der Waals surface area contributed by atoms with Crippen molar-refractivity contribution in [2.75, 3.05) is 6.67 Å². The fourth-order valence-corrected chi connectivity index (χ4v) is 3.55. The molecule has 0 aromatic heterocycles. The first-order chi connectivity index (χ1) is 15.1. The summed E-state index contributed by atoms with van der Waals surface area (Å²) in [7, 11) is 0. The Bertz CT molecular complexity index is 866. The number of benzene rings is 2. The van der Waals surface area contributed by atoms with Crippen LogP contribution in [0.15, 0.2) is 48.5 Å². The number of esters is 1. The molecular formula is C24H30N2O5. The van der Waals surface area contributed by atoms with E-state index in [1.165, 1.54) is 0 Å². The Morgan fingerprint density at radius 3 is 2.39 bits per heavy atom. The van der Waals surface area contributed by atoms with Gasteiger partial charge in [0.2, 0.25) is 11.5 Å². The second-order valence-corrected chi connectivity index (χ2v) is 7.51. The lowest BCUT2D eigenvalue weighted by molar-refractivity contribution is -0.163. The van der Waals surface area contributed by atoms with Gasteiger partial charge in [0.15, 0.2) is 5.75 Å².